The molecule has 78 valence electrons. The highest BCUT2D eigenvalue weighted by molar-refractivity contribution is 9.10. The fraction of sp³-hybridized carbons (Fsp3) is 0.700. The van der Waals surface area contributed by atoms with Crippen molar-refractivity contribution in [1.29, 1.82) is 0 Å². The normalized spacial score (nSPS) is 16.0. The molecule has 1 aliphatic heterocycles. The van der Waals surface area contributed by atoms with Gasteiger partial charge in [-0.05, 0) is 21.8 Å². The van der Waals surface area contributed by atoms with Crippen LogP contribution in [0.5, 0.6) is 0 Å². The molecule has 3 nitrogen and oxygen atoms in total. The Morgan fingerprint density at radius 2 is 2.36 bits per heavy atom. The molecule has 0 saturated heterocycles. The third-order valence-corrected chi connectivity index (χ3v) is 3.13. The second-order valence-corrected chi connectivity index (χ2v) is 4.97. The Balaban J connectivity index is 2.31. The molecular formula is C10H16BrN3. The summed E-state index contributed by atoms with van der Waals surface area (Å²) >= 11 is 3.52. The predicted octanol–water partition coefficient (Wildman–Crippen LogP) is 1.95. The average molecular weight is 258 g/mol. The van der Waals surface area contributed by atoms with Crippen LogP contribution in [-0.2, 0) is 19.5 Å². The summed E-state index contributed by atoms with van der Waals surface area (Å²) in [6.07, 6.45) is 1.10. The number of nitrogens with one attached hydrogen (secondary N) is 1. The number of hydrogen-bond donors (Lipinski definition) is 1. The van der Waals surface area contributed by atoms with Crippen LogP contribution >= 0.6 is 15.9 Å². The van der Waals surface area contributed by atoms with Gasteiger partial charge in [-0.1, -0.05) is 13.8 Å². The minimum atomic E-state index is 0.654. The zero-order chi connectivity index (χ0) is 10.1. The van der Waals surface area contributed by atoms with Gasteiger partial charge in [0.25, 0.3) is 0 Å². The minimum absolute atomic E-state index is 0.654. The first-order chi connectivity index (χ1) is 6.68. The van der Waals surface area contributed by atoms with Gasteiger partial charge < -0.3 is 5.32 Å². The quantitative estimate of drug-likeness (QED) is 0.878. The molecule has 1 N–H and O–H groups in total. The molecule has 0 radical (unpaired) electrons. The second kappa shape index (κ2) is 4.03. The van der Waals surface area contributed by atoms with Crippen LogP contribution in [0.3, 0.4) is 0 Å². The van der Waals surface area contributed by atoms with Crippen molar-refractivity contribution in [1.82, 2.24) is 15.1 Å². The average Bonchev–Trinajstić information content (AvgIpc) is 2.44. The van der Waals surface area contributed by atoms with E-state index in [0.29, 0.717) is 5.92 Å². The fourth-order valence-electron chi connectivity index (χ4n) is 1.87. The Kier molecular flexibility index (Phi) is 2.93. The summed E-state index contributed by atoms with van der Waals surface area (Å²) < 4.78 is 3.17. The molecule has 14 heavy (non-hydrogen) atoms. The van der Waals surface area contributed by atoms with E-state index in [4.69, 9.17) is 0 Å². The highest BCUT2D eigenvalue weighted by Gasteiger charge is 2.19. The van der Waals surface area contributed by atoms with E-state index in [1.54, 1.807) is 0 Å². The van der Waals surface area contributed by atoms with E-state index in [1.807, 2.05) is 0 Å². The summed E-state index contributed by atoms with van der Waals surface area (Å²) in [6.45, 7) is 7.50. The largest absolute Gasteiger partial charge is 0.312 e. The van der Waals surface area contributed by atoms with E-state index in [9.17, 15) is 0 Å². The molecule has 0 atom stereocenters. The lowest BCUT2D eigenvalue weighted by Crippen LogP contribution is -2.25. The highest BCUT2D eigenvalue weighted by atomic mass is 79.9. The number of halogens is 1. The molecule has 0 fully saturated rings. The molecule has 1 aromatic heterocycles. The van der Waals surface area contributed by atoms with Gasteiger partial charge in [0.1, 0.15) is 4.60 Å². The molecule has 2 rings (SSSR count). The van der Waals surface area contributed by atoms with Crippen LogP contribution in [0.25, 0.3) is 0 Å². The number of nitrogens with zero attached hydrogens (tertiary/aromatic N) is 2. The minimum Gasteiger partial charge on any atom is -0.312 e. The van der Waals surface area contributed by atoms with Crippen LogP contribution in [-0.4, -0.2) is 16.3 Å². The third-order valence-electron chi connectivity index (χ3n) is 2.50. The summed E-state index contributed by atoms with van der Waals surface area (Å²) in [5.41, 5.74) is 2.75. The van der Waals surface area contributed by atoms with Crippen molar-refractivity contribution in [2.75, 3.05) is 6.54 Å². The monoisotopic (exact) mass is 257 g/mol. The van der Waals surface area contributed by atoms with Gasteiger partial charge in [-0.2, -0.15) is 5.10 Å². The van der Waals surface area contributed by atoms with Crippen molar-refractivity contribution < 1.29 is 0 Å². The Morgan fingerprint density at radius 1 is 1.57 bits per heavy atom. The van der Waals surface area contributed by atoms with Gasteiger partial charge in [0.05, 0.1) is 0 Å². The van der Waals surface area contributed by atoms with Gasteiger partial charge in [-0.15, -0.1) is 0 Å². The van der Waals surface area contributed by atoms with E-state index in [1.165, 1.54) is 11.3 Å². The van der Waals surface area contributed by atoms with Crippen LogP contribution in [0.1, 0.15) is 25.1 Å². The summed E-state index contributed by atoms with van der Waals surface area (Å²) in [5.74, 6) is 0.654. The fourth-order valence-corrected chi connectivity index (χ4v) is 2.43. The first-order valence-electron chi connectivity index (χ1n) is 5.13. The first-order valence-corrected chi connectivity index (χ1v) is 5.92. The van der Waals surface area contributed by atoms with Gasteiger partial charge >= 0.3 is 0 Å². The molecule has 1 aromatic rings. The highest BCUT2D eigenvalue weighted by Crippen LogP contribution is 2.23. The van der Waals surface area contributed by atoms with Gasteiger partial charge in [0, 0.05) is 37.3 Å². The topological polar surface area (TPSA) is 29.9 Å². The maximum Gasteiger partial charge on any atom is 0.132 e. The summed E-state index contributed by atoms with van der Waals surface area (Å²) in [6, 6.07) is 0. The Morgan fingerprint density at radius 3 is 3.07 bits per heavy atom. The van der Waals surface area contributed by atoms with Crippen molar-refractivity contribution in [2.24, 2.45) is 5.92 Å². The van der Waals surface area contributed by atoms with Crippen molar-refractivity contribution in [3.8, 4) is 0 Å². The second-order valence-electron chi connectivity index (χ2n) is 4.22. The number of hydrogen-bond acceptors (Lipinski definition) is 2. The number of fused-ring (bicyclic) bond motifs is 1. The Labute approximate surface area is 93.0 Å². The maximum atomic E-state index is 4.53. The third kappa shape index (κ3) is 1.86. The smallest absolute Gasteiger partial charge is 0.132 e. The molecule has 0 saturated carbocycles. The van der Waals surface area contributed by atoms with Crippen LogP contribution in [0, 0.1) is 5.92 Å². The van der Waals surface area contributed by atoms with E-state index >= 15 is 0 Å². The van der Waals surface area contributed by atoms with E-state index in [0.717, 1.165) is 30.7 Å². The lowest BCUT2D eigenvalue weighted by molar-refractivity contribution is 0.459. The van der Waals surface area contributed by atoms with Crippen molar-refractivity contribution >= 4 is 15.9 Å². The molecule has 0 aliphatic carbocycles. The van der Waals surface area contributed by atoms with Crippen LogP contribution in [0.2, 0.25) is 0 Å². The molecule has 2 heterocycles. The first kappa shape index (κ1) is 10.2. The number of rotatable bonds is 2. The molecule has 0 bridgehead atoms. The van der Waals surface area contributed by atoms with Crippen molar-refractivity contribution in [3.05, 3.63) is 15.9 Å². The van der Waals surface area contributed by atoms with Crippen LogP contribution in [0.4, 0.5) is 0 Å². The van der Waals surface area contributed by atoms with E-state index in [2.05, 4.69) is 44.9 Å². The maximum absolute atomic E-state index is 4.53. The Hall–Kier alpha value is -0.350. The molecule has 0 unspecified atom stereocenters. The summed E-state index contributed by atoms with van der Waals surface area (Å²) in [7, 11) is 0. The summed E-state index contributed by atoms with van der Waals surface area (Å²) in [4.78, 5) is 0. The zero-order valence-electron chi connectivity index (χ0n) is 8.68. The van der Waals surface area contributed by atoms with Crippen LogP contribution < -0.4 is 5.32 Å². The molecule has 4 heteroatoms. The lowest BCUT2D eigenvalue weighted by Gasteiger charge is -2.16. The molecule has 1 aliphatic rings. The van der Waals surface area contributed by atoms with Crippen molar-refractivity contribution in [2.45, 2.75) is 33.4 Å². The van der Waals surface area contributed by atoms with Crippen LogP contribution in [0.15, 0.2) is 4.60 Å². The molecule has 0 aromatic carbocycles. The molecular weight excluding hydrogens is 242 g/mol. The van der Waals surface area contributed by atoms with Gasteiger partial charge in [-0.25, -0.2) is 0 Å². The summed E-state index contributed by atoms with van der Waals surface area (Å²) in [5, 5.41) is 7.89. The zero-order valence-corrected chi connectivity index (χ0v) is 10.3. The molecule has 0 amide bonds. The van der Waals surface area contributed by atoms with E-state index < -0.39 is 0 Å². The van der Waals surface area contributed by atoms with Gasteiger partial charge in [0.2, 0.25) is 0 Å². The Bertz CT molecular complexity index is 330. The van der Waals surface area contributed by atoms with Crippen molar-refractivity contribution in [3.63, 3.8) is 0 Å². The molecule has 0 spiro atoms. The van der Waals surface area contributed by atoms with Gasteiger partial charge in [-0.3, -0.25) is 4.68 Å². The van der Waals surface area contributed by atoms with Gasteiger partial charge in [0.15, 0.2) is 0 Å². The van der Waals surface area contributed by atoms with E-state index in [-0.39, 0.29) is 0 Å². The number of aromatic nitrogens is 2. The SMILES string of the molecule is CC(C)Cn1nc(Br)c2c1CCNC2. The predicted molar refractivity (Wildman–Crippen MR) is 60.2 cm³/mol. The standard InChI is InChI=1S/C10H16BrN3/c1-7(2)6-14-9-3-4-12-5-8(9)10(11)13-14/h7,12H,3-6H2,1-2H3. The lowest BCUT2D eigenvalue weighted by atomic mass is 10.1.